The summed E-state index contributed by atoms with van der Waals surface area (Å²) < 4.78 is 13.2. The van der Waals surface area contributed by atoms with Crippen molar-refractivity contribution in [2.45, 2.75) is 64.0 Å². The molecule has 1 aliphatic carbocycles. The van der Waals surface area contributed by atoms with Gasteiger partial charge in [0.15, 0.2) is 5.76 Å². The van der Waals surface area contributed by atoms with Crippen LogP contribution in [-0.2, 0) is 19.5 Å². The lowest BCUT2D eigenvalue weighted by Crippen LogP contribution is -2.34. The van der Waals surface area contributed by atoms with Crippen LogP contribution in [0.1, 0.15) is 62.0 Å². The molecule has 8 nitrogen and oxygen atoms in total. The van der Waals surface area contributed by atoms with Gasteiger partial charge in [-0.05, 0) is 62.7 Å². The minimum Gasteiger partial charge on any atom is -0.461 e. The van der Waals surface area contributed by atoms with Crippen LogP contribution < -0.4 is 0 Å². The zero-order valence-corrected chi connectivity index (χ0v) is 16.6. The second-order valence-corrected chi connectivity index (χ2v) is 8.82. The summed E-state index contributed by atoms with van der Waals surface area (Å²) in [4.78, 5) is 6.90. The summed E-state index contributed by atoms with van der Waals surface area (Å²) in [6.07, 6.45) is 10.2. The molecular formula is C21H26N6O2. The second-order valence-electron chi connectivity index (χ2n) is 8.82. The Balaban J connectivity index is 1.09. The van der Waals surface area contributed by atoms with Crippen LogP contribution in [0.2, 0.25) is 0 Å². The van der Waals surface area contributed by atoms with Gasteiger partial charge in [0.05, 0.1) is 12.8 Å². The molecule has 152 valence electrons. The molecular weight excluding hydrogens is 368 g/mol. The molecule has 3 aromatic rings. The van der Waals surface area contributed by atoms with Crippen molar-refractivity contribution >= 4 is 0 Å². The standard InChI is InChI=1S/C21H26N6O2/c1-2-6-17-23-24-20(27(17)9-3-1)15-13-21(15)7-10-26(11-8-21)14-18-22-19(25-29-18)16-5-4-12-28-16/h4-5,12,15H,1-3,6-11,13-14H2/t15-/m1/s1. The number of nitrogens with zero attached hydrogens (tertiary/aromatic N) is 6. The number of aryl methyl sites for hydroxylation is 1. The first-order valence-corrected chi connectivity index (χ1v) is 10.8. The van der Waals surface area contributed by atoms with E-state index in [1.807, 2.05) is 12.1 Å². The van der Waals surface area contributed by atoms with Crippen LogP contribution in [0, 0.1) is 5.41 Å². The molecule has 2 fully saturated rings. The van der Waals surface area contributed by atoms with Crippen molar-refractivity contribution < 1.29 is 8.94 Å². The molecule has 1 spiro atoms. The molecule has 0 unspecified atom stereocenters. The van der Waals surface area contributed by atoms with Gasteiger partial charge in [-0.3, -0.25) is 4.90 Å². The van der Waals surface area contributed by atoms with Crippen molar-refractivity contribution in [3.8, 4) is 11.6 Å². The minimum atomic E-state index is 0.431. The lowest BCUT2D eigenvalue weighted by atomic mass is 9.90. The molecule has 3 aromatic heterocycles. The predicted octanol–water partition coefficient (Wildman–Crippen LogP) is 3.42. The maximum atomic E-state index is 5.43. The maximum absolute atomic E-state index is 5.43. The number of furan rings is 1. The molecule has 0 amide bonds. The summed E-state index contributed by atoms with van der Waals surface area (Å²) in [6.45, 7) is 3.94. The number of aromatic nitrogens is 5. The van der Waals surface area contributed by atoms with Crippen molar-refractivity contribution in [2.24, 2.45) is 5.41 Å². The van der Waals surface area contributed by atoms with Crippen molar-refractivity contribution in [1.29, 1.82) is 0 Å². The predicted molar refractivity (Wildman–Crippen MR) is 104 cm³/mol. The van der Waals surface area contributed by atoms with Gasteiger partial charge in [-0.15, -0.1) is 10.2 Å². The zero-order chi connectivity index (χ0) is 19.3. The first-order valence-electron chi connectivity index (χ1n) is 10.8. The number of hydrogen-bond acceptors (Lipinski definition) is 7. The zero-order valence-electron chi connectivity index (χ0n) is 16.6. The Kier molecular flexibility index (Phi) is 4.07. The van der Waals surface area contributed by atoms with Crippen LogP contribution in [0.3, 0.4) is 0 Å². The third kappa shape index (κ3) is 3.10. The van der Waals surface area contributed by atoms with E-state index in [0.29, 0.717) is 35.4 Å². The largest absolute Gasteiger partial charge is 0.461 e. The molecule has 29 heavy (non-hydrogen) atoms. The number of hydrogen-bond donors (Lipinski definition) is 0. The van der Waals surface area contributed by atoms with Gasteiger partial charge in [0.25, 0.3) is 0 Å². The van der Waals surface area contributed by atoms with Crippen LogP contribution >= 0.6 is 0 Å². The van der Waals surface area contributed by atoms with Crippen LogP contribution in [-0.4, -0.2) is 42.9 Å². The Morgan fingerprint density at radius 2 is 2.03 bits per heavy atom. The highest BCUT2D eigenvalue weighted by atomic mass is 16.5. The summed E-state index contributed by atoms with van der Waals surface area (Å²) in [5.41, 5.74) is 0.431. The molecule has 8 heteroatoms. The van der Waals surface area contributed by atoms with Gasteiger partial charge in [-0.1, -0.05) is 11.6 Å². The molecule has 1 atom stereocenters. The number of rotatable bonds is 4. The highest BCUT2D eigenvalue weighted by Gasteiger charge is 2.57. The first kappa shape index (κ1) is 17.4. The van der Waals surface area contributed by atoms with Gasteiger partial charge in [-0.2, -0.15) is 4.98 Å². The van der Waals surface area contributed by atoms with E-state index >= 15 is 0 Å². The maximum Gasteiger partial charge on any atom is 0.241 e. The van der Waals surface area contributed by atoms with E-state index in [1.54, 1.807) is 6.26 Å². The first-order chi connectivity index (χ1) is 14.3. The van der Waals surface area contributed by atoms with Crippen LogP contribution in [0.25, 0.3) is 11.6 Å². The summed E-state index contributed by atoms with van der Waals surface area (Å²) in [7, 11) is 0. The monoisotopic (exact) mass is 394 g/mol. The third-order valence-corrected chi connectivity index (χ3v) is 7.06. The summed E-state index contributed by atoms with van der Waals surface area (Å²) >= 11 is 0. The normalized spacial score (nSPS) is 23.8. The fourth-order valence-corrected chi connectivity index (χ4v) is 5.20. The van der Waals surface area contributed by atoms with Gasteiger partial charge in [0.2, 0.25) is 11.7 Å². The fraction of sp³-hybridized carbons (Fsp3) is 0.619. The molecule has 0 N–H and O–H groups in total. The number of likely N-dealkylation sites (tertiary alicyclic amines) is 1. The Bertz CT molecular complexity index is 983. The van der Waals surface area contributed by atoms with Crippen LogP contribution in [0.4, 0.5) is 0 Å². The summed E-state index contributed by atoms with van der Waals surface area (Å²) in [5, 5.41) is 13.2. The molecule has 5 heterocycles. The molecule has 6 rings (SSSR count). The fourth-order valence-electron chi connectivity index (χ4n) is 5.20. The second kappa shape index (κ2) is 6.79. The van der Waals surface area contributed by atoms with E-state index in [-0.39, 0.29) is 0 Å². The molecule has 0 bridgehead atoms. The van der Waals surface area contributed by atoms with Crippen molar-refractivity contribution in [2.75, 3.05) is 13.1 Å². The molecule has 0 aromatic carbocycles. The third-order valence-electron chi connectivity index (χ3n) is 7.06. The topological polar surface area (TPSA) is 86.0 Å². The average Bonchev–Trinajstić information content (AvgIpc) is 3.15. The molecule has 3 aliphatic rings. The van der Waals surface area contributed by atoms with Gasteiger partial charge in [0.1, 0.15) is 11.6 Å². The van der Waals surface area contributed by atoms with E-state index in [1.165, 1.54) is 50.2 Å². The van der Waals surface area contributed by atoms with E-state index in [2.05, 4.69) is 29.8 Å². The molecule has 1 saturated heterocycles. The molecule has 0 radical (unpaired) electrons. The van der Waals surface area contributed by atoms with E-state index < -0.39 is 0 Å². The minimum absolute atomic E-state index is 0.431. The number of piperidine rings is 1. The van der Waals surface area contributed by atoms with Gasteiger partial charge in [-0.25, -0.2) is 0 Å². The van der Waals surface area contributed by atoms with Crippen LogP contribution in [0.5, 0.6) is 0 Å². The lowest BCUT2D eigenvalue weighted by molar-refractivity contribution is 0.145. The lowest BCUT2D eigenvalue weighted by Gasteiger charge is -2.31. The van der Waals surface area contributed by atoms with Gasteiger partial charge in [0, 0.05) is 18.9 Å². The quantitative estimate of drug-likeness (QED) is 0.670. The highest BCUT2D eigenvalue weighted by molar-refractivity contribution is 5.44. The van der Waals surface area contributed by atoms with E-state index in [9.17, 15) is 0 Å². The van der Waals surface area contributed by atoms with E-state index in [4.69, 9.17) is 8.94 Å². The Labute approximate surface area is 169 Å². The SMILES string of the molecule is c1coc(-c2noc(CN3CCC4(CC3)C[C@@H]4c3nnc4n3CCCCC4)n2)c1. The van der Waals surface area contributed by atoms with Gasteiger partial charge < -0.3 is 13.5 Å². The smallest absolute Gasteiger partial charge is 0.241 e. The Morgan fingerprint density at radius 1 is 1.10 bits per heavy atom. The van der Waals surface area contributed by atoms with E-state index in [0.717, 1.165) is 26.1 Å². The van der Waals surface area contributed by atoms with Crippen molar-refractivity contribution in [3.05, 3.63) is 35.9 Å². The molecule has 1 saturated carbocycles. The summed E-state index contributed by atoms with van der Waals surface area (Å²) in [6, 6.07) is 3.67. The Hall–Kier alpha value is -2.48. The van der Waals surface area contributed by atoms with Crippen molar-refractivity contribution in [1.82, 2.24) is 29.8 Å². The average molecular weight is 394 g/mol. The number of fused-ring (bicyclic) bond motifs is 1. The van der Waals surface area contributed by atoms with Crippen LogP contribution in [0.15, 0.2) is 27.3 Å². The molecule has 2 aliphatic heterocycles. The van der Waals surface area contributed by atoms with Crippen molar-refractivity contribution in [3.63, 3.8) is 0 Å². The summed E-state index contributed by atoms with van der Waals surface area (Å²) in [5.74, 6) is 4.88. The Morgan fingerprint density at radius 3 is 2.90 bits per heavy atom. The highest BCUT2D eigenvalue weighted by Crippen LogP contribution is 2.64. The van der Waals surface area contributed by atoms with Gasteiger partial charge >= 0.3 is 0 Å².